The molecular weight excluding hydrogens is 240 g/mol. The summed E-state index contributed by atoms with van der Waals surface area (Å²) < 4.78 is 5.24. The van der Waals surface area contributed by atoms with E-state index < -0.39 is 0 Å². The van der Waals surface area contributed by atoms with Crippen LogP contribution in [0.5, 0.6) is 5.75 Å². The number of aryl methyl sites for hydroxylation is 1. The van der Waals surface area contributed by atoms with Crippen LogP contribution in [0.3, 0.4) is 0 Å². The Kier molecular flexibility index (Phi) is 6.36. The first-order valence-electron chi connectivity index (χ1n) is 6.70. The van der Waals surface area contributed by atoms with E-state index in [-0.39, 0.29) is 5.91 Å². The molecule has 4 nitrogen and oxygen atoms in total. The van der Waals surface area contributed by atoms with E-state index in [0.29, 0.717) is 12.1 Å². The van der Waals surface area contributed by atoms with Gasteiger partial charge in [0.05, 0.1) is 7.11 Å². The molecule has 0 unspecified atom stereocenters. The molecule has 0 spiro atoms. The minimum Gasteiger partial charge on any atom is -0.496 e. The van der Waals surface area contributed by atoms with E-state index in [1.165, 1.54) is 0 Å². The van der Waals surface area contributed by atoms with E-state index >= 15 is 0 Å². The van der Waals surface area contributed by atoms with E-state index in [2.05, 4.69) is 0 Å². The normalized spacial score (nSPS) is 10.3. The molecule has 1 aromatic rings. The van der Waals surface area contributed by atoms with Gasteiger partial charge in [0.1, 0.15) is 5.75 Å². The second-order valence-electron chi connectivity index (χ2n) is 4.76. The molecule has 1 amide bonds. The molecule has 4 heteroatoms. The van der Waals surface area contributed by atoms with Gasteiger partial charge in [0.25, 0.3) is 5.91 Å². The van der Waals surface area contributed by atoms with E-state index in [1.54, 1.807) is 18.1 Å². The highest BCUT2D eigenvalue weighted by molar-refractivity contribution is 5.94. The van der Waals surface area contributed by atoms with Crippen LogP contribution in [0.1, 0.15) is 35.2 Å². The van der Waals surface area contributed by atoms with Gasteiger partial charge in [-0.15, -0.1) is 0 Å². The molecule has 106 valence electrons. The molecule has 0 heterocycles. The van der Waals surface area contributed by atoms with Crippen molar-refractivity contribution in [3.63, 3.8) is 0 Å². The van der Waals surface area contributed by atoms with Gasteiger partial charge < -0.3 is 15.4 Å². The minimum absolute atomic E-state index is 0.0334. The summed E-state index contributed by atoms with van der Waals surface area (Å²) in [5.74, 6) is 0.786. The second kappa shape index (κ2) is 7.79. The fourth-order valence-electron chi connectivity index (χ4n) is 1.95. The number of hydrogen-bond acceptors (Lipinski definition) is 3. The van der Waals surface area contributed by atoms with E-state index in [4.69, 9.17) is 10.5 Å². The Balaban J connectivity index is 2.61. The molecule has 1 rings (SSSR count). The smallest absolute Gasteiger partial charge is 0.253 e. The van der Waals surface area contributed by atoms with Gasteiger partial charge in [0, 0.05) is 19.2 Å². The summed E-state index contributed by atoms with van der Waals surface area (Å²) in [4.78, 5) is 14.0. The third kappa shape index (κ3) is 4.56. The lowest BCUT2D eigenvalue weighted by atomic mass is 10.1. The first-order valence-corrected chi connectivity index (χ1v) is 6.70. The fourth-order valence-corrected chi connectivity index (χ4v) is 1.95. The van der Waals surface area contributed by atoms with Crippen LogP contribution in [0.4, 0.5) is 0 Å². The van der Waals surface area contributed by atoms with Crippen molar-refractivity contribution in [1.82, 2.24) is 4.90 Å². The number of rotatable bonds is 7. The van der Waals surface area contributed by atoms with Crippen LogP contribution in [-0.4, -0.2) is 38.1 Å². The Morgan fingerprint density at radius 3 is 2.68 bits per heavy atom. The van der Waals surface area contributed by atoms with Crippen molar-refractivity contribution in [3.05, 3.63) is 29.3 Å². The lowest BCUT2D eigenvalue weighted by Crippen LogP contribution is -2.27. The second-order valence-corrected chi connectivity index (χ2v) is 4.76. The van der Waals surface area contributed by atoms with Crippen LogP contribution in [0, 0.1) is 6.92 Å². The van der Waals surface area contributed by atoms with Gasteiger partial charge in [0.2, 0.25) is 0 Å². The number of amides is 1. The summed E-state index contributed by atoms with van der Waals surface area (Å²) in [5.41, 5.74) is 7.15. The van der Waals surface area contributed by atoms with Crippen LogP contribution in [0.15, 0.2) is 18.2 Å². The number of carbonyl (C=O) groups excluding carboxylic acids is 1. The monoisotopic (exact) mass is 264 g/mol. The zero-order valence-corrected chi connectivity index (χ0v) is 12.1. The largest absolute Gasteiger partial charge is 0.496 e. The number of benzene rings is 1. The number of hydrogen-bond donors (Lipinski definition) is 1. The van der Waals surface area contributed by atoms with Crippen LogP contribution < -0.4 is 10.5 Å². The van der Waals surface area contributed by atoms with Crippen molar-refractivity contribution in [3.8, 4) is 5.75 Å². The molecule has 1 aromatic carbocycles. The molecule has 0 fully saturated rings. The maximum atomic E-state index is 12.2. The Hall–Kier alpha value is -1.55. The molecule has 0 saturated heterocycles. The number of unbranched alkanes of at least 4 members (excludes halogenated alkanes) is 2. The number of ether oxygens (including phenoxy) is 1. The van der Waals surface area contributed by atoms with E-state index in [9.17, 15) is 4.79 Å². The summed E-state index contributed by atoms with van der Waals surface area (Å²) in [6, 6.07) is 5.55. The summed E-state index contributed by atoms with van der Waals surface area (Å²) in [7, 11) is 3.45. The third-order valence-electron chi connectivity index (χ3n) is 3.20. The number of methoxy groups -OCH3 is 1. The lowest BCUT2D eigenvalue weighted by Gasteiger charge is -2.17. The Bertz CT molecular complexity index is 419. The van der Waals surface area contributed by atoms with Crippen molar-refractivity contribution in [2.24, 2.45) is 5.73 Å². The van der Waals surface area contributed by atoms with Crippen molar-refractivity contribution in [1.29, 1.82) is 0 Å². The van der Waals surface area contributed by atoms with E-state index in [0.717, 1.165) is 37.1 Å². The summed E-state index contributed by atoms with van der Waals surface area (Å²) >= 11 is 0. The van der Waals surface area contributed by atoms with Gasteiger partial charge in [-0.3, -0.25) is 4.79 Å². The zero-order valence-electron chi connectivity index (χ0n) is 12.1. The maximum Gasteiger partial charge on any atom is 0.253 e. The summed E-state index contributed by atoms with van der Waals surface area (Å²) in [6.45, 7) is 3.44. The molecule has 2 N–H and O–H groups in total. The summed E-state index contributed by atoms with van der Waals surface area (Å²) in [5, 5.41) is 0. The predicted molar refractivity (Wildman–Crippen MR) is 77.6 cm³/mol. The zero-order chi connectivity index (χ0) is 14.3. The highest BCUT2D eigenvalue weighted by Crippen LogP contribution is 2.19. The Morgan fingerprint density at radius 2 is 2.05 bits per heavy atom. The molecule has 0 aliphatic carbocycles. The van der Waals surface area contributed by atoms with E-state index in [1.807, 2.05) is 26.1 Å². The molecule has 0 aliphatic rings. The van der Waals surface area contributed by atoms with Crippen LogP contribution >= 0.6 is 0 Å². The molecule has 0 aromatic heterocycles. The van der Waals surface area contributed by atoms with Crippen LogP contribution in [0.25, 0.3) is 0 Å². The maximum absolute atomic E-state index is 12.2. The quantitative estimate of drug-likeness (QED) is 0.768. The van der Waals surface area contributed by atoms with Gasteiger partial charge in [-0.2, -0.15) is 0 Å². The third-order valence-corrected chi connectivity index (χ3v) is 3.20. The summed E-state index contributed by atoms with van der Waals surface area (Å²) in [6.07, 6.45) is 3.06. The molecule has 0 aliphatic heterocycles. The molecule has 0 radical (unpaired) electrons. The molecule has 0 saturated carbocycles. The predicted octanol–water partition coefficient (Wildman–Crippen LogP) is 2.20. The minimum atomic E-state index is 0.0334. The van der Waals surface area contributed by atoms with Gasteiger partial charge in [0.15, 0.2) is 0 Å². The van der Waals surface area contributed by atoms with Crippen molar-refractivity contribution < 1.29 is 9.53 Å². The fraction of sp³-hybridized carbons (Fsp3) is 0.533. The average Bonchev–Trinajstić information content (AvgIpc) is 2.43. The molecule has 0 bridgehead atoms. The number of nitrogens with zero attached hydrogens (tertiary/aromatic N) is 1. The highest BCUT2D eigenvalue weighted by Gasteiger charge is 2.12. The Morgan fingerprint density at radius 1 is 1.32 bits per heavy atom. The van der Waals surface area contributed by atoms with Crippen molar-refractivity contribution in [2.75, 3.05) is 27.2 Å². The molecular formula is C15H24N2O2. The van der Waals surface area contributed by atoms with Gasteiger partial charge in [-0.05, 0) is 44.0 Å². The van der Waals surface area contributed by atoms with Gasteiger partial charge in [-0.25, -0.2) is 0 Å². The van der Waals surface area contributed by atoms with Crippen molar-refractivity contribution in [2.45, 2.75) is 26.2 Å². The number of carbonyl (C=O) groups is 1. The van der Waals surface area contributed by atoms with Gasteiger partial charge >= 0.3 is 0 Å². The first kappa shape index (κ1) is 15.5. The average molecular weight is 264 g/mol. The van der Waals surface area contributed by atoms with Crippen LogP contribution in [-0.2, 0) is 0 Å². The Labute approximate surface area is 115 Å². The van der Waals surface area contributed by atoms with Crippen LogP contribution in [0.2, 0.25) is 0 Å². The SMILES string of the molecule is COc1cc(C(=O)N(C)CCCCCN)ccc1C. The standard InChI is InChI=1S/C15H24N2O2/c1-12-7-8-13(11-14(12)19-3)15(18)17(2)10-6-4-5-9-16/h7-8,11H,4-6,9-10,16H2,1-3H3. The van der Waals surface area contributed by atoms with Gasteiger partial charge in [-0.1, -0.05) is 12.5 Å². The first-order chi connectivity index (χ1) is 9.10. The highest BCUT2D eigenvalue weighted by atomic mass is 16.5. The molecule has 0 atom stereocenters. The topological polar surface area (TPSA) is 55.6 Å². The van der Waals surface area contributed by atoms with Crippen molar-refractivity contribution >= 4 is 5.91 Å². The lowest BCUT2D eigenvalue weighted by molar-refractivity contribution is 0.0792. The number of nitrogens with two attached hydrogens (primary N) is 1. The molecule has 19 heavy (non-hydrogen) atoms.